The number of unbranched alkanes of at least 4 members (excludes halogenated alkanes) is 1. The lowest BCUT2D eigenvalue weighted by Gasteiger charge is -2.34. The monoisotopic (exact) mass is 369 g/mol. The van der Waals surface area contributed by atoms with Gasteiger partial charge in [-0.15, -0.1) is 0 Å². The van der Waals surface area contributed by atoms with Crippen molar-refractivity contribution in [2.75, 3.05) is 39.3 Å². The van der Waals surface area contributed by atoms with Gasteiger partial charge < -0.3 is 9.64 Å². The zero-order valence-corrected chi connectivity index (χ0v) is 15.6. The van der Waals surface area contributed by atoms with E-state index >= 15 is 0 Å². The van der Waals surface area contributed by atoms with Crippen LogP contribution in [-0.4, -0.2) is 54.1 Å². The number of rotatable bonds is 9. The summed E-state index contributed by atoms with van der Waals surface area (Å²) in [5, 5.41) is 10.8. The minimum atomic E-state index is -0.399. The van der Waals surface area contributed by atoms with Gasteiger partial charge in [-0.05, 0) is 31.0 Å². The Bertz CT molecular complexity index is 716. The topological polar surface area (TPSA) is 58.9 Å². The highest BCUT2D eigenvalue weighted by Crippen LogP contribution is 2.19. The summed E-state index contributed by atoms with van der Waals surface area (Å²) in [5.74, 6) is 0.568. The molecule has 0 atom stereocenters. The molecule has 1 saturated heterocycles. The first-order valence-corrected chi connectivity index (χ1v) is 9.56. The minimum Gasteiger partial charge on any atom is -0.493 e. The first kappa shape index (κ1) is 19.3. The molecule has 2 aromatic carbocycles. The highest BCUT2D eigenvalue weighted by atomic mass is 16.6. The van der Waals surface area contributed by atoms with Gasteiger partial charge in [-0.1, -0.05) is 36.4 Å². The Morgan fingerprint density at radius 2 is 1.67 bits per heavy atom. The number of hydrogen-bond donors (Lipinski definition) is 0. The third-order valence-corrected chi connectivity index (χ3v) is 4.88. The van der Waals surface area contributed by atoms with Crippen molar-refractivity contribution in [2.45, 2.75) is 19.4 Å². The van der Waals surface area contributed by atoms with Crippen LogP contribution in [0.5, 0.6) is 5.75 Å². The molecule has 0 bridgehead atoms. The predicted molar refractivity (Wildman–Crippen MR) is 106 cm³/mol. The second-order valence-corrected chi connectivity index (χ2v) is 6.91. The molecular formula is C21H27N3O3. The molecule has 2 aromatic rings. The van der Waals surface area contributed by atoms with Crippen LogP contribution in [-0.2, 0) is 6.54 Å². The Hall–Kier alpha value is -2.44. The van der Waals surface area contributed by atoms with E-state index in [1.165, 1.54) is 17.7 Å². The van der Waals surface area contributed by atoms with E-state index in [-0.39, 0.29) is 5.69 Å². The van der Waals surface area contributed by atoms with Crippen molar-refractivity contribution in [2.24, 2.45) is 0 Å². The molecule has 0 radical (unpaired) electrons. The SMILES string of the molecule is O=[N+]([O-])c1cccc(OCCCCN2CCN(Cc3ccccc3)CC2)c1. The fraction of sp³-hybridized carbons (Fsp3) is 0.429. The third-order valence-electron chi connectivity index (χ3n) is 4.88. The zero-order valence-electron chi connectivity index (χ0n) is 15.6. The summed E-state index contributed by atoms with van der Waals surface area (Å²) in [6.45, 7) is 7.15. The van der Waals surface area contributed by atoms with Crippen LogP contribution in [0.2, 0.25) is 0 Å². The number of non-ortho nitro benzene ring substituents is 1. The first-order valence-electron chi connectivity index (χ1n) is 9.56. The maximum absolute atomic E-state index is 10.8. The molecule has 0 N–H and O–H groups in total. The average molecular weight is 369 g/mol. The van der Waals surface area contributed by atoms with Gasteiger partial charge in [-0.2, -0.15) is 0 Å². The molecule has 3 rings (SSSR count). The van der Waals surface area contributed by atoms with Crippen molar-refractivity contribution in [1.82, 2.24) is 9.80 Å². The molecule has 0 unspecified atom stereocenters. The summed E-state index contributed by atoms with van der Waals surface area (Å²) in [5.41, 5.74) is 1.45. The number of piperazine rings is 1. The van der Waals surface area contributed by atoms with Gasteiger partial charge in [0.2, 0.25) is 0 Å². The maximum atomic E-state index is 10.8. The molecule has 144 valence electrons. The molecule has 0 spiro atoms. The number of hydrogen-bond acceptors (Lipinski definition) is 5. The number of nitrogens with zero attached hydrogens (tertiary/aromatic N) is 3. The number of nitro groups is 1. The Labute approximate surface area is 160 Å². The Morgan fingerprint density at radius 3 is 2.41 bits per heavy atom. The van der Waals surface area contributed by atoms with E-state index in [4.69, 9.17) is 4.74 Å². The predicted octanol–water partition coefficient (Wildman–Crippen LogP) is 3.57. The van der Waals surface area contributed by atoms with Crippen LogP contribution in [0.25, 0.3) is 0 Å². The molecule has 6 nitrogen and oxygen atoms in total. The molecular weight excluding hydrogens is 342 g/mol. The summed E-state index contributed by atoms with van der Waals surface area (Å²) >= 11 is 0. The van der Waals surface area contributed by atoms with E-state index in [9.17, 15) is 10.1 Å². The molecule has 1 aliphatic heterocycles. The van der Waals surface area contributed by atoms with Crippen molar-refractivity contribution >= 4 is 5.69 Å². The van der Waals surface area contributed by atoms with Gasteiger partial charge in [-0.3, -0.25) is 15.0 Å². The van der Waals surface area contributed by atoms with Crippen LogP contribution in [0.3, 0.4) is 0 Å². The average Bonchev–Trinajstić information content (AvgIpc) is 2.70. The molecule has 1 heterocycles. The van der Waals surface area contributed by atoms with E-state index in [1.807, 2.05) is 0 Å². The Morgan fingerprint density at radius 1 is 0.926 bits per heavy atom. The number of ether oxygens (including phenoxy) is 1. The quantitative estimate of drug-likeness (QED) is 0.384. The molecule has 0 aromatic heterocycles. The van der Waals surface area contributed by atoms with Crippen molar-refractivity contribution < 1.29 is 9.66 Å². The summed E-state index contributed by atoms with van der Waals surface area (Å²) in [6, 6.07) is 17.0. The van der Waals surface area contributed by atoms with Crippen molar-refractivity contribution in [1.29, 1.82) is 0 Å². The third kappa shape index (κ3) is 6.34. The van der Waals surface area contributed by atoms with Gasteiger partial charge in [0, 0.05) is 38.8 Å². The Kier molecular flexibility index (Phi) is 7.19. The molecule has 0 aliphatic carbocycles. The first-order chi connectivity index (χ1) is 13.2. The Balaban J connectivity index is 1.28. The lowest BCUT2D eigenvalue weighted by atomic mass is 10.2. The molecule has 27 heavy (non-hydrogen) atoms. The van der Waals surface area contributed by atoms with Crippen molar-refractivity contribution in [3.05, 3.63) is 70.3 Å². The normalized spacial score (nSPS) is 15.6. The fourth-order valence-corrected chi connectivity index (χ4v) is 3.33. The second kappa shape index (κ2) is 10.0. The van der Waals surface area contributed by atoms with Gasteiger partial charge >= 0.3 is 0 Å². The molecule has 1 fully saturated rings. The zero-order chi connectivity index (χ0) is 18.9. The summed E-state index contributed by atoms with van der Waals surface area (Å²) in [6.07, 6.45) is 2.03. The highest BCUT2D eigenvalue weighted by molar-refractivity contribution is 5.37. The standard InChI is InChI=1S/C21H27N3O3/c25-24(26)20-9-6-10-21(17-20)27-16-5-4-11-22-12-14-23(15-13-22)18-19-7-2-1-3-8-19/h1-3,6-10,17H,4-5,11-16,18H2. The van der Waals surface area contributed by atoms with E-state index in [0.29, 0.717) is 12.4 Å². The van der Waals surface area contributed by atoms with Gasteiger partial charge in [0.05, 0.1) is 17.6 Å². The minimum absolute atomic E-state index is 0.0703. The highest BCUT2D eigenvalue weighted by Gasteiger charge is 2.16. The van der Waals surface area contributed by atoms with Crippen LogP contribution < -0.4 is 4.74 Å². The summed E-state index contributed by atoms with van der Waals surface area (Å²) in [7, 11) is 0. The van der Waals surface area contributed by atoms with E-state index in [2.05, 4.69) is 40.1 Å². The van der Waals surface area contributed by atoms with E-state index < -0.39 is 4.92 Å². The molecule has 0 saturated carbocycles. The van der Waals surface area contributed by atoms with E-state index in [0.717, 1.165) is 52.1 Å². The molecule has 0 amide bonds. The summed E-state index contributed by atoms with van der Waals surface area (Å²) in [4.78, 5) is 15.4. The maximum Gasteiger partial charge on any atom is 0.273 e. The molecule has 6 heteroatoms. The lowest BCUT2D eigenvalue weighted by molar-refractivity contribution is -0.384. The van der Waals surface area contributed by atoms with Crippen molar-refractivity contribution in [3.63, 3.8) is 0 Å². The van der Waals surface area contributed by atoms with Crippen LogP contribution in [0, 0.1) is 10.1 Å². The van der Waals surface area contributed by atoms with Gasteiger partial charge in [0.25, 0.3) is 5.69 Å². The largest absolute Gasteiger partial charge is 0.493 e. The second-order valence-electron chi connectivity index (χ2n) is 6.91. The van der Waals surface area contributed by atoms with Crippen molar-refractivity contribution in [3.8, 4) is 5.75 Å². The van der Waals surface area contributed by atoms with Gasteiger partial charge in [0.1, 0.15) is 5.75 Å². The number of benzene rings is 2. The van der Waals surface area contributed by atoms with Crippen LogP contribution >= 0.6 is 0 Å². The molecule has 1 aliphatic rings. The summed E-state index contributed by atoms with van der Waals surface area (Å²) < 4.78 is 5.64. The smallest absolute Gasteiger partial charge is 0.273 e. The number of nitro benzene ring substituents is 1. The van der Waals surface area contributed by atoms with Crippen LogP contribution in [0.1, 0.15) is 18.4 Å². The van der Waals surface area contributed by atoms with E-state index in [1.54, 1.807) is 12.1 Å². The lowest BCUT2D eigenvalue weighted by Crippen LogP contribution is -2.46. The van der Waals surface area contributed by atoms with Crippen LogP contribution in [0.15, 0.2) is 54.6 Å². The van der Waals surface area contributed by atoms with Gasteiger partial charge in [0.15, 0.2) is 0 Å². The fourth-order valence-electron chi connectivity index (χ4n) is 3.33. The van der Waals surface area contributed by atoms with Gasteiger partial charge in [-0.25, -0.2) is 0 Å². The van der Waals surface area contributed by atoms with Crippen LogP contribution in [0.4, 0.5) is 5.69 Å².